The summed E-state index contributed by atoms with van der Waals surface area (Å²) in [6.07, 6.45) is 41.0. The Hall–Kier alpha value is -0.790. The molecule has 0 saturated heterocycles. The SMILES string of the molecule is CCCCCCCC/C=C\CCCCCCC(CCCCCCCCCCCCCCCC(C)C)C(=O)O. The van der Waals surface area contributed by atoms with Crippen molar-refractivity contribution in [3.05, 3.63) is 12.2 Å². The Morgan fingerprint density at radius 1 is 0.500 bits per heavy atom. The maximum atomic E-state index is 11.6. The van der Waals surface area contributed by atoms with Gasteiger partial charge in [0, 0.05) is 0 Å². The first kappa shape index (κ1) is 37.2. The molecule has 226 valence electrons. The lowest BCUT2D eigenvalue weighted by Gasteiger charge is -2.12. The number of hydrogen-bond acceptors (Lipinski definition) is 1. The summed E-state index contributed by atoms with van der Waals surface area (Å²) in [6, 6.07) is 0. The third-order valence-electron chi connectivity index (χ3n) is 8.25. The summed E-state index contributed by atoms with van der Waals surface area (Å²) in [4.78, 5) is 11.6. The lowest BCUT2D eigenvalue weighted by Crippen LogP contribution is -2.13. The van der Waals surface area contributed by atoms with Gasteiger partial charge in [-0.3, -0.25) is 4.79 Å². The molecule has 0 heterocycles. The lowest BCUT2D eigenvalue weighted by atomic mass is 9.94. The van der Waals surface area contributed by atoms with Gasteiger partial charge in [0.05, 0.1) is 5.92 Å². The zero-order valence-electron chi connectivity index (χ0n) is 26.5. The average Bonchev–Trinajstić information content (AvgIpc) is 2.89. The van der Waals surface area contributed by atoms with Crippen LogP contribution >= 0.6 is 0 Å². The molecule has 0 bridgehead atoms. The minimum Gasteiger partial charge on any atom is -0.481 e. The Bertz CT molecular complexity index is 496. The van der Waals surface area contributed by atoms with Crippen LogP contribution in [0, 0.1) is 11.8 Å². The second-order valence-electron chi connectivity index (χ2n) is 12.6. The van der Waals surface area contributed by atoms with Gasteiger partial charge >= 0.3 is 5.97 Å². The highest BCUT2D eigenvalue weighted by atomic mass is 16.4. The van der Waals surface area contributed by atoms with E-state index in [0.717, 1.165) is 31.6 Å². The van der Waals surface area contributed by atoms with Crippen LogP contribution in [0.1, 0.15) is 201 Å². The van der Waals surface area contributed by atoms with Crippen molar-refractivity contribution >= 4 is 5.97 Å². The zero-order valence-corrected chi connectivity index (χ0v) is 26.5. The van der Waals surface area contributed by atoms with Gasteiger partial charge in [-0.25, -0.2) is 0 Å². The zero-order chi connectivity index (χ0) is 27.9. The van der Waals surface area contributed by atoms with Crippen LogP contribution in [0.5, 0.6) is 0 Å². The van der Waals surface area contributed by atoms with E-state index in [1.807, 2.05) is 0 Å². The van der Waals surface area contributed by atoms with Crippen molar-refractivity contribution in [1.29, 1.82) is 0 Å². The van der Waals surface area contributed by atoms with Gasteiger partial charge in [0.25, 0.3) is 0 Å². The maximum absolute atomic E-state index is 11.6. The van der Waals surface area contributed by atoms with Crippen molar-refractivity contribution in [2.75, 3.05) is 0 Å². The van der Waals surface area contributed by atoms with Crippen molar-refractivity contribution in [2.24, 2.45) is 11.8 Å². The van der Waals surface area contributed by atoms with Crippen molar-refractivity contribution in [2.45, 2.75) is 201 Å². The summed E-state index contributed by atoms with van der Waals surface area (Å²) in [5, 5.41) is 9.59. The third kappa shape index (κ3) is 29.8. The molecule has 1 unspecified atom stereocenters. The van der Waals surface area contributed by atoms with Crippen molar-refractivity contribution in [3.63, 3.8) is 0 Å². The van der Waals surface area contributed by atoms with Gasteiger partial charge in [-0.05, 0) is 44.4 Å². The molecule has 0 aromatic rings. The lowest BCUT2D eigenvalue weighted by molar-refractivity contribution is -0.142. The van der Waals surface area contributed by atoms with Crippen molar-refractivity contribution in [1.82, 2.24) is 0 Å². The van der Waals surface area contributed by atoms with Crippen LogP contribution in [0.25, 0.3) is 0 Å². The van der Waals surface area contributed by atoms with Gasteiger partial charge in [0.15, 0.2) is 0 Å². The highest BCUT2D eigenvalue weighted by molar-refractivity contribution is 5.69. The molecule has 0 saturated carbocycles. The number of rotatable bonds is 31. The summed E-state index contributed by atoms with van der Waals surface area (Å²) in [5.74, 6) is 0.186. The van der Waals surface area contributed by atoms with E-state index in [1.54, 1.807) is 0 Å². The molecule has 1 N–H and O–H groups in total. The van der Waals surface area contributed by atoms with Crippen LogP contribution in [0.3, 0.4) is 0 Å². The molecule has 0 aliphatic rings. The van der Waals surface area contributed by atoms with Gasteiger partial charge in [-0.15, -0.1) is 0 Å². The van der Waals surface area contributed by atoms with Gasteiger partial charge in [-0.2, -0.15) is 0 Å². The van der Waals surface area contributed by atoms with Crippen LogP contribution in [0.15, 0.2) is 12.2 Å². The highest BCUT2D eigenvalue weighted by Gasteiger charge is 2.16. The Kier molecular flexibility index (Phi) is 30.1. The Morgan fingerprint density at radius 3 is 1.16 bits per heavy atom. The van der Waals surface area contributed by atoms with Gasteiger partial charge in [-0.1, -0.05) is 174 Å². The summed E-state index contributed by atoms with van der Waals surface area (Å²) < 4.78 is 0. The summed E-state index contributed by atoms with van der Waals surface area (Å²) in [7, 11) is 0. The minimum absolute atomic E-state index is 0.113. The number of carbonyl (C=O) groups is 1. The quantitative estimate of drug-likeness (QED) is 0.0709. The fourth-order valence-corrected chi connectivity index (χ4v) is 5.56. The van der Waals surface area contributed by atoms with Crippen LogP contribution in [0.2, 0.25) is 0 Å². The minimum atomic E-state index is -0.567. The molecule has 2 heteroatoms. The summed E-state index contributed by atoms with van der Waals surface area (Å²) in [5.41, 5.74) is 0. The second-order valence-corrected chi connectivity index (χ2v) is 12.6. The van der Waals surface area contributed by atoms with E-state index in [1.165, 1.54) is 154 Å². The molecule has 1 atom stereocenters. The van der Waals surface area contributed by atoms with Crippen LogP contribution in [-0.4, -0.2) is 11.1 Å². The molecule has 38 heavy (non-hydrogen) atoms. The number of allylic oxidation sites excluding steroid dienone is 2. The first-order valence-electron chi connectivity index (χ1n) is 17.5. The molecule has 0 spiro atoms. The molecule has 0 fully saturated rings. The third-order valence-corrected chi connectivity index (χ3v) is 8.25. The van der Waals surface area contributed by atoms with E-state index in [0.29, 0.717) is 0 Å². The Labute approximate surface area is 240 Å². The number of carboxylic acid groups (broad SMARTS) is 1. The van der Waals surface area contributed by atoms with E-state index in [-0.39, 0.29) is 5.92 Å². The normalized spacial score (nSPS) is 12.6. The molecule has 0 aromatic heterocycles. The van der Waals surface area contributed by atoms with Gasteiger partial charge in [0.2, 0.25) is 0 Å². The van der Waals surface area contributed by atoms with Crippen LogP contribution in [0.4, 0.5) is 0 Å². The van der Waals surface area contributed by atoms with E-state index >= 15 is 0 Å². The average molecular weight is 535 g/mol. The number of unbranched alkanes of at least 4 members (excludes halogenated alkanes) is 22. The van der Waals surface area contributed by atoms with Crippen LogP contribution in [-0.2, 0) is 4.79 Å². The molecule has 0 aromatic carbocycles. The Morgan fingerprint density at radius 2 is 0.816 bits per heavy atom. The second kappa shape index (κ2) is 30.7. The number of aliphatic carboxylic acids is 1. The van der Waals surface area contributed by atoms with Gasteiger partial charge < -0.3 is 5.11 Å². The van der Waals surface area contributed by atoms with Crippen LogP contribution < -0.4 is 0 Å². The standard InChI is InChI=1S/C36H70O2/c1-4-5-6-7-8-9-10-11-14-17-20-23-26-29-32-35(36(37)38)33-30-27-24-21-18-15-12-13-16-19-22-25-28-31-34(2)3/h11,14,34-35H,4-10,12-13,15-33H2,1-3H3,(H,37,38)/b14-11-. The molecule has 0 aliphatic heterocycles. The van der Waals surface area contributed by atoms with E-state index in [9.17, 15) is 9.90 Å². The molecule has 0 radical (unpaired) electrons. The first-order valence-corrected chi connectivity index (χ1v) is 17.5. The largest absolute Gasteiger partial charge is 0.481 e. The predicted molar refractivity (Wildman–Crippen MR) is 170 cm³/mol. The highest BCUT2D eigenvalue weighted by Crippen LogP contribution is 2.20. The summed E-state index contributed by atoms with van der Waals surface area (Å²) in [6.45, 7) is 6.93. The smallest absolute Gasteiger partial charge is 0.306 e. The number of carboxylic acids is 1. The molecule has 0 rings (SSSR count). The molecular weight excluding hydrogens is 464 g/mol. The molecular formula is C36H70O2. The molecule has 2 nitrogen and oxygen atoms in total. The van der Waals surface area contributed by atoms with Crippen molar-refractivity contribution in [3.8, 4) is 0 Å². The monoisotopic (exact) mass is 535 g/mol. The number of hydrogen-bond donors (Lipinski definition) is 1. The Balaban J connectivity index is 3.44. The van der Waals surface area contributed by atoms with E-state index in [4.69, 9.17) is 0 Å². The molecule has 0 aliphatic carbocycles. The predicted octanol–water partition coefficient (Wildman–Crippen LogP) is 12.8. The van der Waals surface area contributed by atoms with E-state index < -0.39 is 5.97 Å². The van der Waals surface area contributed by atoms with Gasteiger partial charge in [0.1, 0.15) is 0 Å². The topological polar surface area (TPSA) is 37.3 Å². The molecule has 0 amide bonds. The fraction of sp³-hybridized carbons (Fsp3) is 0.917. The van der Waals surface area contributed by atoms with E-state index in [2.05, 4.69) is 32.9 Å². The first-order chi connectivity index (χ1) is 18.6. The maximum Gasteiger partial charge on any atom is 0.306 e. The summed E-state index contributed by atoms with van der Waals surface area (Å²) >= 11 is 0. The fourth-order valence-electron chi connectivity index (χ4n) is 5.56. The van der Waals surface area contributed by atoms with Crippen molar-refractivity contribution < 1.29 is 9.90 Å².